The first-order chi connectivity index (χ1) is 13.1. The van der Waals surface area contributed by atoms with Gasteiger partial charge in [0.2, 0.25) is 0 Å². The van der Waals surface area contributed by atoms with Gasteiger partial charge in [-0.15, -0.1) is 0 Å². The third kappa shape index (κ3) is 3.10. The number of imidazole rings is 1. The summed E-state index contributed by atoms with van der Waals surface area (Å²) in [7, 11) is 1.37. The Labute approximate surface area is 156 Å². The van der Waals surface area contributed by atoms with Crippen LogP contribution in [0.5, 0.6) is 0 Å². The van der Waals surface area contributed by atoms with Crippen molar-refractivity contribution < 1.29 is 9.53 Å². The van der Waals surface area contributed by atoms with Gasteiger partial charge in [-0.05, 0) is 48.7 Å². The van der Waals surface area contributed by atoms with E-state index >= 15 is 0 Å². The quantitative estimate of drug-likeness (QED) is 0.559. The average Bonchev–Trinajstić information content (AvgIpc) is 3.18. The Kier molecular flexibility index (Phi) is 4.24. The second-order valence-electron chi connectivity index (χ2n) is 6.58. The Morgan fingerprint density at radius 3 is 2.74 bits per heavy atom. The highest BCUT2D eigenvalue weighted by atomic mass is 16.5. The first-order valence-electron chi connectivity index (χ1n) is 8.71. The molecule has 0 amide bonds. The van der Waals surface area contributed by atoms with Crippen LogP contribution in [0.15, 0.2) is 48.9 Å². The maximum Gasteiger partial charge on any atom is 0.337 e. The fourth-order valence-electron chi connectivity index (χ4n) is 3.13. The van der Waals surface area contributed by atoms with Crippen molar-refractivity contribution in [1.82, 2.24) is 14.4 Å². The van der Waals surface area contributed by atoms with E-state index in [1.165, 1.54) is 23.8 Å². The molecule has 6 heteroatoms. The second kappa shape index (κ2) is 6.72. The standard InChI is InChI=1S/C21H20N4O2/c1-13-4-5-15(8-14(13)2)10-23-20-19-11-22-12-25(19)18-9-16(21(26)27-3)6-7-17(18)24-20/h4-9,11-12H,10H2,1-3H3,(H,23,24). The third-order valence-corrected chi connectivity index (χ3v) is 4.80. The van der Waals surface area contributed by atoms with Crippen LogP contribution in [0.1, 0.15) is 27.0 Å². The van der Waals surface area contributed by atoms with Gasteiger partial charge < -0.3 is 10.1 Å². The lowest BCUT2D eigenvalue weighted by molar-refractivity contribution is 0.0601. The third-order valence-electron chi connectivity index (χ3n) is 4.80. The lowest BCUT2D eigenvalue weighted by Gasteiger charge is -2.12. The molecular weight excluding hydrogens is 340 g/mol. The highest BCUT2D eigenvalue weighted by molar-refractivity contribution is 5.94. The van der Waals surface area contributed by atoms with E-state index in [-0.39, 0.29) is 5.97 Å². The van der Waals surface area contributed by atoms with E-state index in [0.717, 1.165) is 22.4 Å². The Morgan fingerprint density at radius 1 is 1.11 bits per heavy atom. The van der Waals surface area contributed by atoms with Crippen molar-refractivity contribution in [3.63, 3.8) is 0 Å². The molecule has 0 fully saturated rings. The van der Waals surface area contributed by atoms with Crippen LogP contribution in [0.4, 0.5) is 5.82 Å². The molecule has 4 rings (SSSR count). The predicted molar refractivity (Wildman–Crippen MR) is 105 cm³/mol. The molecule has 0 atom stereocenters. The molecule has 1 N–H and O–H groups in total. The van der Waals surface area contributed by atoms with Gasteiger partial charge in [0.1, 0.15) is 5.52 Å². The summed E-state index contributed by atoms with van der Waals surface area (Å²) in [6.45, 7) is 4.89. The largest absolute Gasteiger partial charge is 0.465 e. The van der Waals surface area contributed by atoms with Gasteiger partial charge in [0.15, 0.2) is 5.82 Å². The molecule has 0 aliphatic heterocycles. The van der Waals surface area contributed by atoms with Crippen LogP contribution in [-0.4, -0.2) is 27.4 Å². The minimum atomic E-state index is -0.373. The van der Waals surface area contributed by atoms with E-state index in [1.807, 2.05) is 10.5 Å². The minimum absolute atomic E-state index is 0.373. The summed E-state index contributed by atoms with van der Waals surface area (Å²) in [6.07, 6.45) is 3.49. The van der Waals surface area contributed by atoms with Gasteiger partial charge in [-0.3, -0.25) is 4.40 Å². The zero-order valence-electron chi connectivity index (χ0n) is 15.5. The van der Waals surface area contributed by atoms with Crippen molar-refractivity contribution in [3.05, 3.63) is 71.2 Å². The number of fused-ring (bicyclic) bond motifs is 3. The van der Waals surface area contributed by atoms with E-state index in [9.17, 15) is 4.79 Å². The van der Waals surface area contributed by atoms with Gasteiger partial charge in [0, 0.05) is 6.54 Å². The Morgan fingerprint density at radius 2 is 1.96 bits per heavy atom. The number of benzene rings is 2. The fraction of sp³-hybridized carbons (Fsp3) is 0.190. The number of nitrogens with zero attached hydrogens (tertiary/aromatic N) is 3. The average molecular weight is 360 g/mol. The Balaban J connectivity index is 1.73. The van der Waals surface area contributed by atoms with Crippen LogP contribution in [0.2, 0.25) is 0 Å². The Bertz CT molecular complexity index is 1160. The highest BCUT2D eigenvalue weighted by Gasteiger charge is 2.12. The molecule has 2 heterocycles. The first-order valence-corrected chi connectivity index (χ1v) is 8.71. The zero-order valence-corrected chi connectivity index (χ0v) is 15.5. The van der Waals surface area contributed by atoms with E-state index in [0.29, 0.717) is 12.1 Å². The van der Waals surface area contributed by atoms with Gasteiger partial charge in [0.05, 0.1) is 36.2 Å². The van der Waals surface area contributed by atoms with E-state index in [4.69, 9.17) is 9.72 Å². The zero-order chi connectivity index (χ0) is 19.0. The number of aromatic nitrogens is 3. The van der Waals surface area contributed by atoms with Crippen molar-refractivity contribution in [2.45, 2.75) is 20.4 Å². The van der Waals surface area contributed by atoms with Crippen LogP contribution in [0.3, 0.4) is 0 Å². The van der Waals surface area contributed by atoms with Crippen molar-refractivity contribution in [2.24, 2.45) is 0 Å². The number of aryl methyl sites for hydroxylation is 2. The van der Waals surface area contributed by atoms with Crippen molar-refractivity contribution in [2.75, 3.05) is 12.4 Å². The summed E-state index contributed by atoms with van der Waals surface area (Å²) in [5.41, 5.74) is 6.66. The summed E-state index contributed by atoms with van der Waals surface area (Å²) in [5.74, 6) is 0.381. The molecule has 0 aliphatic rings. The predicted octanol–water partition coefficient (Wildman–Crippen LogP) is 3.90. The second-order valence-corrected chi connectivity index (χ2v) is 6.58. The molecular formula is C21H20N4O2. The maximum absolute atomic E-state index is 11.8. The lowest BCUT2D eigenvalue weighted by atomic mass is 10.1. The molecule has 2 aromatic carbocycles. The number of anilines is 1. The normalized spacial score (nSPS) is 11.1. The number of carbonyl (C=O) groups is 1. The Hall–Kier alpha value is -3.41. The number of rotatable bonds is 4. The molecule has 27 heavy (non-hydrogen) atoms. The molecule has 136 valence electrons. The van der Waals surface area contributed by atoms with Crippen LogP contribution in [0, 0.1) is 13.8 Å². The number of ether oxygens (including phenoxy) is 1. The van der Waals surface area contributed by atoms with Crippen molar-refractivity contribution >= 4 is 28.3 Å². The van der Waals surface area contributed by atoms with Gasteiger partial charge in [-0.2, -0.15) is 0 Å². The number of nitrogens with one attached hydrogen (secondary N) is 1. The molecule has 0 saturated heterocycles. The molecule has 0 saturated carbocycles. The number of carbonyl (C=O) groups excluding carboxylic acids is 1. The number of methoxy groups -OCH3 is 1. The number of hydrogen-bond acceptors (Lipinski definition) is 5. The summed E-state index contributed by atoms with van der Waals surface area (Å²) < 4.78 is 6.74. The van der Waals surface area contributed by atoms with Gasteiger partial charge in [0.25, 0.3) is 0 Å². The van der Waals surface area contributed by atoms with Crippen LogP contribution in [0.25, 0.3) is 16.6 Å². The minimum Gasteiger partial charge on any atom is -0.465 e. The van der Waals surface area contributed by atoms with Crippen LogP contribution >= 0.6 is 0 Å². The van der Waals surface area contributed by atoms with E-state index in [1.54, 1.807) is 24.7 Å². The summed E-state index contributed by atoms with van der Waals surface area (Å²) in [5, 5.41) is 3.41. The number of esters is 1. The topological polar surface area (TPSA) is 68.5 Å². The molecule has 0 bridgehead atoms. The van der Waals surface area contributed by atoms with Gasteiger partial charge in [-0.1, -0.05) is 18.2 Å². The molecule has 0 unspecified atom stereocenters. The molecule has 0 spiro atoms. The maximum atomic E-state index is 11.8. The first kappa shape index (κ1) is 17.0. The SMILES string of the molecule is COC(=O)c1ccc2nc(NCc3ccc(C)c(C)c3)c3cncn3c2c1. The molecule has 0 radical (unpaired) electrons. The number of hydrogen-bond donors (Lipinski definition) is 1. The lowest BCUT2D eigenvalue weighted by Crippen LogP contribution is -2.06. The highest BCUT2D eigenvalue weighted by Crippen LogP contribution is 2.23. The molecule has 6 nitrogen and oxygen atoms in total. The van der Waals surface area contributed by atoms with Gasteiger partial charge >= 0.3 is 5.97 Å². The van der Waals surface area contributed by atoms with Crippen LogP contribution < -0.4 is 5.32 Å². The van der Waals surface area contributed by atoms with E-state index < -0.39 is 0 Å². The monoisotopic (exact) mass is 360 g/mol. The van der Waals surface area contributed by atoms with Crippen molar-refractivity contribution in [3.8, 4) is 0 Å². The molecule has 2 aromatic heterocycles. The smallest absolute Gasteiger partial charge is 0.337 e. The molecule has 0 aliphatic carbocycles. The summed E-state index contributed by atoms with van der Waals surface area (Å²) in [6, 6.07) is 11.7. The fourth-order valence-corrected chi connectivity index (χ4v) is 3.13. The van der Waals surface area contributed by atoms with E-state index in [2.05, 4.69) is 42.3 Å². The summed E-state index contributed by atoms with van der Waals surface area (Å²) >= 11 is 0. The summed E-state index contributed by atoms with van der Waals surface area (Å²) in [4.78, 5) is 20.8. The van der Waals surface area contributed by atoms with Crippen molar-refractivity contribution in [1.29, 1.82) is 0 Å². The molecule has 4 aromatic rings. The van der Waals surface area contributed by atoms with Gasteiger partial charge in [-0.25, -0.2) is 14.8 Å². The van der Waals surface area contributed by atoms with Crippen LogP contribution in [-0.2, 0) is 11.3 Å².